The number of carbonyl (C=O) groups is 1. The van der Waals surface area contributed by atoms with Crippen LogP contribution in [0.3, 0.4) is 0 Å². The van der Waals surface area contributed by atoms with Crippen molar-refractivity contribution in [2.24, 2.45) is 11.1 Å². The Hall–Kier alpha value is -0.960. The predicted octanol–water partition coefficient (Wildman–Crippen LogP) is 1.25. The van der Waals surface area contributed by atoms with Crippen LogP contribution >= 0.6 is 15.9 Å². The molecule has 1 fully saturated rings. The van der Waals surface area contributed by atoms with Crippen molar-refractivity contribution in [3.05, 3.63) is 28.2 Å². The maximum Gasteiger partial charge on any atom is 0.276 e. The predicted molar refractivity (Wildman–Crippen MR) is 87.6 cm³/mol. The molecule has 1 aromatic rings. The number of anilines is 1. The molecule has 0 radical (unpaired) electrons. The molecular formula is C14H18BrN3O3S. The maximum atomic E-state index is 12.7. The fourth-order valence-electron chi connectivity index (χ4n) is 3.18. The minimum Gasteiger partial charge on any atom is -0.312 e. The van der Waals surface area contributed by atoms with E-state index in [1.165, 1.54) is 9.87 Å². The van der Waals surface area contributed by atoms with Crippen molar-refractivity contribution in [3.63, 3.8) is 0 Å². The molecule has 0 bridgehead atoms. The molecule has 22 heavy (non-hydrogen) atoms. The van der Waals surface area contributed by atoms with Crippen LogP contribution in [-0.2, 0) is 21.4 Å². The molecule has 2 aliphatic heterocycles. The third-order valence-electron chi connectivity index (χ3n) is 4.37. The molecule has 0 saturated carbocycles. The maximum absolute atomic E-state index is 12.7. The van der Waals surface area contributed by atoms with Crippen LogP contribution in [0.2, 0.25) is 0 Å². The van der Waals surface area contributed by atoms with Gasteiger partial charge in [0.05, 0.1) is 0 Å². The van der Waals surface area contributed by atoms with E-state index >= 15 is 0 Å². The minimum absolute atomic E-state index is 0.0927. The van der Waals surface area contributed by atoms with Gasteiger partial charge in [0.25, 0.3) is 10.2 Å². The highest BCUT2D eigenvalue weighted by Gasteiger charge is 2.34. The molecule has 8 heteroatoms. The molecule has 0 aliphatic carbocycles. The smallest absolute Gasteiger partial charge is 0.276 e. The SMILES string of the molecule is NS(=O)(=O)N1CCC(C(=O)N2CCc3cc(Br)ccc32)CC1. The quantitative estimate of drug-likeness (QED) is 0.828. The van der Waals surface area contributed by atoms with Crippen LogP contribution in [0.5, 0.6) is 0 Å². The third kappa shape index (κ3) is 3.05. The second kappa shape index (κ2) is 5.92. The zero-order chi connectivity index (χ0) is 15.9. The van der Waals surface area contributed by atoms with Crippen LogP contribution in [0.15, 0.2) is 22.7 Å². The molecule has 2 aliphatic rings. The number of hydrogen-bond donors (Lipinski definition) is 1. The lowest BCUT2D eigenvalue weighted by Gasteiger charge is -2.31. The number of nitrogens with two attached hydrogens (primary N) is 1. The average molecular weight is 388 g/mol. The molecule has 2 N–H and O–H groups in total. The van der Waals surface area contributed by atoms with E-state index in [1.807, 2.05) is 23.1 Å². The molecule has 120 valence electrons. The van der Waals surface area contributed by atoms with Crippen molar-refractivity contribution in [2.75, 3.05) is 24.5 Å². The fraction of sp³-hybridized carbons (Fsp3) is 0.500. The summed E-state index contributed by atoms with van der Waals surface area (Å²) in [5.74, 6) is -0.0391. The summed E-state index contributed by atoms with van der Waals surface area (Å²) in [6.45, 7) is 1.33. The Labute approximate surface area is 138 Å². The average Bonchev–Trinajstić information content (AvgIpc) is 2.88. The van der Waals surface area contributed by atoms with Crippen molar-refractivity contribution < 1.29 is 13.2 Å². The number of rotatable bonds is 2. The highest BCUT2D eigenvalue weighted by molar-refractivity contribution is 9.10. The van der Waals surface area contributed by atoms with E-state index in [1.54, 1.807) is 0 Å². The van der Waals surface area contributed by atoms with Gasteiger partial charge in [0.1, 0.15) is 0 Å². The van der Waals surface area contributed by atoms with E-state index in [-0.39, 0.29) is 11.8 Å². The summed E-state index contributed by atoms with van der Waals surface area (Å²) >= 11 is 3.45. The lowest BCUT2D eigenvalue weighted by atomic mass is 9.96. The summed E-state index contributed by atoms with van der Waals surface area (Å²) in [6.07, 6.45) is 1.91. The van der Waals surface area contributed by atoms with Crippen molar-refractivity contribution in [3.8, 4) is 0 Å². The number of piperidine rings is 1. The van der Waals surface area contributed by atoms with Gasteiger partial charge in [-0.15, -0.1) is 0 Å². The van der Waals surface area contributed by atoms with Gasteiger partial charge in [-0.2, -0.15) is 12.7 Å². The molecule has 0 aromatic heterocycles. The third-order valence-corrected chi connectivity index (χ3v) is 5.94. The Bertz CT molecular complexity index is 699. The van der Waals surface area contributed by atoms with E-state index in [0.717, 1.165) is 16.6 Å². The number of carbonyl (C=O) groups excluding carboxylic acids is 1. The van der Waals surface area contributed by atoms with Crippen molar-refractivity contribution in [2.45, 2.75) is 19.3 Å². The van der Waals surface area contributed by atoms with Crippen LogP contribution in [-0.4, -0.2) is 38.3 Å². The van der Waals surface area contributed by atoms with E-state index in [4.69, 9.17) is 5.14 Å². The number of benzene rings is 1. The van der Waals surface area contributed by atoms with Crippen LogP contribution < -0.4 is 10.0 Å². The first-order valence-electron chi connectivity index (χ1n) is 7.24. The summed E-state index contributed by atoms with van der Waals surface area (Å²) in [7, 11) is -3.64. The number of halogens is 1. The Morgan fingerprint density at radius 3 is 2.55 bits per heavy atom. The van der Waals surface area contributed by atoms with Crippen molar-refractivity contribution in [1.82, 2.24) is 4.31 Å². The second-order valence-corrected chi connectivity index (χ2v) is 8.19. The first kappa shape index (κ1) is 15.9. The number of fused-ring (bicyclic) bond motifs is 1. The molecule has 1 saturated heterocycles. The molecule has 0 atom stereocenters. The molecule has 1 aromatic carbocycles. The first-order chi connectivity index (χ1) is 10.4. The largest absolute Gasteiger partial charge is 0.312 e. The van der Waals surface area contributed by atoms with Crippen LogP contribution in [0.25, 0.3) is 0 Å². The van der Waals surface area contributed by atoms with Gasteiger partial charge in [-0.1, -0.05) is 15.9 Å². The van der Waals surface area contributed by atoms with E-state index in [9.17, 15) is 13.2 Å². The van der Waals surface area contributed by atoms with Crippen molar-refractivity contribution >= 4 is 37.7 Å². The molecule has 0 spiro atoms. The topological polar surface area (TPSA) is 83.7 Å². The summed E-state index contributed by atoms with van der Waals surface area (Å²) in [6, 6.07) is 5.95. The van der Waals surface area contributed by atoms with Gasteiger partial charge < -0.3 is 4.90 Å². The van der Waals surface area contributed by atoms with Gasteiger partial charge >= 0.3 is 0 Å². The van der Waals surface area contributed by atoms with E-state index in [0.29, 0.717) is 32.5 Å². The van der Waals surface area contributed by atoms with Crippen LogP contribution in [0.1, 0.15) is 18.4 Å². The number of amides is 1. The summed E-state index contributed by atoms with van der Waals surface area (Å²) in [4.78, 5) is 14.6. The lowest BCUT2D eigenvalue weighted by molar-refractivity contribution is -0.123. The Morgan fingerprint density at radius 1 is 1.23 bits per heavy atom. The van der Waals surface area contributed by atoms with E-state index < -0.39 is 10.2 Å². The van der Waals surface area contributed by atoms with Gasteiger partial charge in [0.15, 0.2) is 0 Å². The van der Waals surface area contributed by atoms with E-state index in [2.05, 4.69) is 15.9 Å². The molecule has 2 heterocycles. The second-order valence-electron chi connectivity index (χ2n) is 5.73. The van der Waals surface area contributed by atoms with Gasteiger partial charge in [-0.05, 0) is 43.0 Å². The lowest BCUT2D eigenvalue weighted by Crippen LogP contribution is -2.46. The molecule has 6 nitrogen and oxygen atoms in total. The molecule has 3 rings (SSSR count). The van der Waals surface area contributed by atoms with Gasteiger partial charge in [0, 0.05) is 35.7 Å². The van der Waals surface area contributed by atoms with Crippen LogP contribution in [0, 0.1) is 5.92 Å². The van der Waals surface area contributed by atoms with Gasteiger partial charge in [0.2, 0.25) is 5.91 Å². The molecule has 1 amide bonds. The number of nitrogens with zero attached hydrogens (tertiary/aromatic N) is 2. The zero-order valence-electron chi connectivity index (χ0n) is 12.0. The summed E-state index contributed by atoms with van der Waals surface area (Å²) in [5, 5.41) is 5.13. The fourth-order valence-corrected chi connectivity index (χ4v) is 4.31. The normalized spacial score (nSPS) is 20.2. The number of hydrogen-bond acceptors (Lipinski definition) is 3. The Balaban J connectivity index is 1.70. The Morgan fingerprint density at radius 2 is 1.91 bits per heavy atom. The Kier molecular flexibility index (Phi) is 4.28. The molecule has 0 unspecified atom stereocenters. The van der Waals surface area contributed by atoms with Crippen molar-refractivity contribution in [1.29, 1.82) is 0 Å². The molecular weight excluding hydrogens is 370 g/mol. The van der Waals surface area contributed by atoms with Gasteiger partial charge in [-0.25, -0.2) is 5.14 Å². The standard InChI is InChI=1S/C14H18BrN3O3S/c15-12-1-2-13-11(9-12)5-8-18(13)14(19)10-3-6-17(7-4-10)22(16,20)21/h1-2,9-10H,3-8H2,(H2,16,20,21). The zero-order valence-corrected chi connectivity index (χ0v) is 14.4. The monoisotopic (exact) mass is 387 g/mol. The highest BCUT2D eigenvalue weighted by Crippen LogP contribution is 2.33. The van der Waals surface area contributed by atoms with Crippen LogP contribution in [0.4, 0.5) is 5.69 Å². The minimum atomic E-state index is -3.64. The summed E-state index contributed by atoms with van der Waals surface area (Å²) < 4.78 is 24.9. The van der Waals surface area contributed by atoms with Gasteiger partial charge in [-0.3, -0.25) is 4.79 Å². The first-order valence-corrected chi connectivity index (χ1v) is 9.53. The summed E-state index contributed by atoms with van der Waals surface area (Å²) in [5.41, 5.74) is 2.15. The highest BCUT2D eigenvalue weighted by atomic mass is 79.9.